The molecule has 3 rings (SSSR count). The van der Waals surface area contributed by atoms with Gasteiger partial charge in [0.2, 0.25) is 15.9 Å². The average molecular weight is 395 g/mol. The highest BCUT2D eigenvalue weighted by atomic mass is 32.2. The number of carbonyl (C=O) groups excluding carboxylic acids is 2. The maximum absolute atomic E-state index is 13.3. The van der Waals surface area contributed by atoms with Crippen molar-refractivity contribution in [3.8, 4) is 0 Å². The molecular formula is C18H25N3O5S. The van der Waals surface area contributed by atoms with Gasteiger partial charge in [-0.3, -0.25) is 4.79 Å². The molecule has 8 nitrogen and oxygen atoms in total. The molecule has 9 heteroatoms. The van der Waals surface area contributed by atoms with Crippen molar-refractivity contribution in [1.82, 2.24) is 14.5 Å². The van der Waals surface area contributed by atoms with Crippen LogP contribution in [-0.4, -0.2) is 75.4 Å². The molecule has 148 valence electrons. The molecule has 2 heterocycles. The first-order chi connectivity index (χ1) is 12.8. The van der Waals surface area contributed by atoms with E-state index >= 15 is 0 Å². The number of nitrogens with zero attached hydrogens (tertiary/aromatic N) is 2. The number of sulfonamides is 1. The molecule has 0 saturated carbocycles. The van der Waals surface area contributed by atoms with Crippen LogP contribution < -0.4 is 5.32 Å². The van der Waals surface area contributed by atoms with Crippen LogP contribution in [-0.2, 0) is 19.6 Å². The number of benzene rings is 1. The zero-order chi connectivity index (χ0) is 19.6. The van der Waals surface area contributed by atoms with Gasteiger partial charge >= 0.3 is 5.97 Å². The van der Waals surface area contributed by atoms with Gasteiger partial charge in [0.15, 0.2) is 0 Å². The van der Waals surface area contributed by atoms with Crippen molar-refractivity contribution < 1.29 is 22.7 Å². The second-order valence-electron chi connectivity index (χ2n) is 6.91. The third kappa shape index (κ3) is 3.99. The summed E-state index contributed by atoms with van der Waals surface area (Å²) in [6, 6.07) is 4.51. The number of piperidine rings is 1. The molecule has 1 aromatic carbocycles. The zero-order valence-electron chi connectivity index (χ0n) is 15.6. The summed E-state index contributed by atoms with van der Waals surface area (Å²) >= 11 is 0. The van der Waals surface area contributed by atoms with E-state index in [1.807, 2.05) is 0 Å². The van der Waals surface area contributed by atoms with E-state index in [-0.39, 0.29) is 35.5 Å². The number of hydrogen-bond donors (Lipinski definition) is 1. The number of carbonyl (C=O) groups is 2. The van der Waals surface area contributed by atoms with Crippen LogP contribution >= 0.6 is 0 Å². The topological polar surface area (TPSA) is 96.0 Å². The third-order valence-corrected chi connectivity index (χ3v) is 7.01. The maximum Gasteiger partial charge on any atom is 0.339 e. The van der Waals surface area contributed by atoms with E-state index in [4.69, 9.17) is 4.74 Å². The van der Waals surface area contributed by atoms with E-state index in [0.717, 1.165) is 12.0 Å². The number of rotatable bonds is 4. The smallest absolute Gasteiger partial charge is 0.339 e. The minimum atomic E-state index is -3.87. The lowest BCUT2D eigenvalue weighted by Gasteiger charge is -2.40. The summed E-state index contributed by atoms with van der Waals surface area (Å²) in [6.07, 6.45) is 1.44. The Kier molecular flexibility index (Phi) is 5.83. The van der Waals surface area contributed by atoms with Crippen molar-refractivity contribution >= 4 is 21.9 Å². The SMILES string of the molecule is COC(=O)c1cc(C)ccc1S(=O)(=O)N1CCCC(N2CCNCC2=O)C1. The van der Waals surface area contributed by atoms with Crippen LogP contribution in [0.3, 0.4) is 0 Å². The second-order valence-corrected chi connectivity index (χ2v) is 8.82. The largest absolute Gasteiger partial charge is 0.465 e. The zero-order valence-corrected chi connectivity index (χ0v) is 16.4. The first-order valence-electron chi connectivity index (χ1n) is 9.04. The molecule has 0 radical (unpaired) electrons. The molecule has 0 spiro atoms. The summed E-state index contributed by atoms with van der Waals surface area (Å²) < 4.78 is 32.6. The Labute approximate surface area is 159 Å². The Morgan fingerprint density at radius 2 is 2.07 bits per heavy atom. The van der Waals surface area contributed by atoms with Crippen LogP contribution in [0, 0.1) is 6.92 Å². The standard InChI is InChI=1S/C18H25N3O5S/c1-13-5-6-16(15(10-13)18(23)26-2)27(24,25)20-8-3-4-14(12-20)21-9-7-19-11-17(21)22/h5-6,10,14,19H,3-4,7-9,11-12H2,1-2H3. The van der Waals surface area contributed by atoms with E-state index in [9.17, 15) is 18.0 Å². The highest BCUT2D eigenvalue weighted by Gasteiger charge is 2.36. The Balaban J connectivity index is 1.89. The Hall–Kier alpha value is -1.97. The predicted molar refractivity (Wildman–Crippen MR) is 98.9 cm³/mol. The maximum atomic E-state index is 13.3. The molecule has 0 aliphatic carbocycles. The van der Waals surface area contributed by atoms with Gasteiger partial charge in [0.25, 0.3) is 0 Å². The van der Waals surface area contributed by atoms with Crippen molar-refractivity contribution in [2.24, 2.45) is 0 Å². The van der Waals surface area contributed by atoms with Crippen molar-refractivity contribution in [2.75, 3.05) is 39.8 Å². The first-order valence-corrected chi connectivity index (χ1v) is 10.5. The van der Waals surface area contributed by atoms with Crippen molar-refractivity contribution in [3.05, 3.63) is 29.3 Å². The molecule has 1 amide bonds. The predicted octanol–water partition coefficient (Wildman–Crippen LogP) is 0.367. The fraction of sp³-hybridized carbons (Fsp3) is 0.556. The summed E-state index contributed by atoms with van der Waals surface area (Å²) in [7, 11) is -2.64. The van der Waals surface area contributed by atoms with Crippen LogP contribution in [0.4, 0.5) is 0 Å². The Morgan fingerprint density at radius 1 is 1.30 bits per heavy atom. The number of piperazine rings is 1. The summed E-state index contributed by atoms with van der Waals surface area (Å²) in [5, 5.41) is 3.03. The second kappa shape index (κ2) is 7.95. The van der Waals surface area contributed by atoms with Gasteiger partial charge in [0, 0.05) is 32.2 Å². The quantitative estimate of drug-likeness (QED) is 0.740. The third-order valence-electron chi connectivity index (χ3n) is 5.08. The van der Waals surface area contributed by atoms with Crippen molar-refractivity contribution in [3.63, 3.8) is 0 Å². The minimum absolute atomic E-state index is 0.00363. The highest BCUT2D eigenvalue weighted by Crippen LogP contribution is 2.27. The van der Waals surface area contributed by atoms with Gasteiger partial charge in [-0.2, -0.15) is 4.31 Å². The number of esters is 1. The number of hydrogen-bond acceptors (Lipinski definition) is 6. The average Bonchev–Trinajstić information content (AvgIpc) is 2.67. The fourth-order valence-electron chi connectivity index (χ4n) is 3.68. The van der Waals surface area contributed by atoms with E-state index in [2.05, 4.69) is 5.32 Å². The normalized spacial score (nSPS) is 21.9. The van der Waals surface area contributed by atoms with Gasteiger partial charge < -0.3 is 15.0 Å². The van der Waals surface area contributed by atoms with E-state index < -0.39 is 16.0 Å². The molecule has 2 saturated heterocycles. The Bertz CT molecular complexity index is 839. The molecule has 0 bridgehead atoms. The van der Waals surface area contributed by atoms with E-state index in [1.54, 1.807) is 17.9 Å². The number of nitrogens with one attached hydrogen (secondary N) is 1. The van der Waals surface area contributed by atoms with Gasteiger partial charge in [-0.1, -0.05) is 11.6 Å². The molecule has 1 atom stereocenters. The number of ether oxygens (including phenoxy) is 1. The molecule has 0 aromatic heterocycles. The minimum Gasteiger partial charge on any atom is -0.465 e. The van der Waals surface area contributed by atoms with Gasteiger partial charge in [-0.15, -0.1) is 0 Å². The van der Waals surface area contributed by atoms with Crippen LogP contribution in [0.5, 0.6) is 0 Å². The van der Waals surface area contributed by atoms with Crippen LogP contribution in [0.15, 0.2) is 23.1 Å². The lowest BCUT2D eigenvalue weighted by atomic mass is 10.1. The monoisotopic (exact) mass is 395 g/mol. The molecular weight excluding hydrogens is 370 g/mol. The van der Waals surface area contributed by atoms with E-state index in [0.29, 0.717) is 26.1 Å². The van der Waals surface area contributed by atoms with Crippen LogP contribution in [0.25, 0.3) is 0 Å². The van der Waals surface area contributed by atoms with Gasteiger partial charge in [0.05, 0.1) is 24.1 Å². The fourth-order valence-corrected chi connectivity index (χ4v) is 5.35. The van der Waals surface area contributed by atoms with Gasteiger partial charge in [-0.25, -0.2) is 13.2 Å². The van der Waals surface area contributed by atoms with E-state index in [1.165, 1.54) is 23.5 Å². The number of aryl methyl sites for hydroxylation is 1. The van der Waals surface area contributed by atoms with Gasteiger partial charge in [0.1, 0.15) is 0 Å². The summed E-state index contributed by atoms with van der Waals surface area (Å²) in [6.45, 7) is 3.97. The number of amides is 1. The van der Waals surface area contributed by atoms with Crippen molar-refractivity contribution in [2.45, 2.75) is 30.7 Å². The molecule has 2 aliphatic rings. The first kappa shape index (κ1) is 19.8. The summed E-state index contributed by atoms with van der Waals surface area (Å²) in [5.74, 6) is -0.681. The number of methoxy groups -OCH3 is 1. The lowest BCUT2D eigenvalue weighted by molar-refractivity contribution is -0.135. The van der Waals surface area contributed by atoms with Crippen molar-refractivity contribution in [1.29, 1.82) is 0 Å². The van der Waals surface area contributed by atoms with Crippen LogP contribution in [0.2, 0.25) is 0 Å². The molecule has 1 unspecified atom stereocenters. The molecule has 2 aliphatic heterocycles. The lowest BCUT2D eigenvalue weighted by Crippen LogP contribution is -2.57. The highest BCUT2D eigenvalue weighted by molar-refractivity contribution is 7.89. The summed E-state index contributed by atoms with van der Waals surface area (Å²) in [5.41, 5.74) is 0.815. The van der Waals surface area contributed by atoms with Gasteiger partial charge in [-0.05, 0) is 31.9 Å². The molecule has 1 aromatic rings. The molecule has 1 N–H and O–H groups in total. The Morgan fingerprint density at radius 3 is 2.78 bits per heavy atom. The molecule has 2 fully saturated rings. The molecule has 27 heavy (non-hydrogen) atoms. The van der Waals surface area contributed by atoms with Crippen LogP contribution in [0.1, 0.15) is 28.8 Å². The summed E-state index contributed by atoms with van der Waals surface area (Å²) in [4.78, 5) is 26.0.